The zero-order valence-electron chi connectivity index (χ0n) is 17.9. The molecule has 154 valence electrons. The summed E-state index contributed by atoms with van der Waals surface area (Å²) in [6.07, 6.45) is 5.38. The average Bonchev–Trinajstić information content (AvgIpc) is 2.63. The molecular weight excluding hydrogens is 384 g/mol. The van der Waals surface area contributed by atoms with Gasteiger partial charge in [-0.3, -0.25) is 0 Å². The molecule has 2 aliphatic rings. The van der Waals surface area contributed by atoms with Gasteiger partial charge in [0.2, 0.25) is 0 Å². The van der Waals surface area contributed by atoms with Crippen LogP contribution in [0.15, 0.2) is 64.8 Å². The van der Waals surface area contributed by atoms with Gasteiger partial charge in [-0.1, -0.05) is 48.9 Å². The van der Waals surface area contributed by atoms with Crippen molar-refractivity contribution in [1.82, 2.24) is 0 Å². The Morgan fingerprint density at radius 2 is 1.76 bits per heavy atom. The molecule has 3 unspecified atom stereocenters. The molecule has 1 aromatic rings. The Balaban J connectivity index is 2.34. The third-order valence-electron chi connectivity index (χ3n) is 5.67. The van der Waals surface area contributed by atoms with Crippen LogP contribution in [0.25, 0.3) is 5.57 Å². The Labute approximate surface area is 178 Å². The number of hydrogen-bond acceptors (Lipinski definition) is 2. The summed E-state index contributed by atoms with van der Waals surface area (Å²) >= 11 is 6.14. The summed E-state index contributed by atoms with van der Waals surface area (Å²) in [6, 6.07) is 7.67. The lowest BCUT2D eigenvalue weighted by Crippen LogP contribution is -2.38. The van der Waals surface area contributed by atoms with E-state index in [-0.39, 0.29) is 11.8 Å². The van der Waals surface area contributed by atoms with E-state index in [4.69, 9.17) is 16.3 Å². The molecule has 0 heterocycles. The van der Waals surface area contributed by atoms with E-state index in [1.807, 2.05) is 52.0 Å². The lowest BCUT2D eigenvalue weighted by atomic mass is 9.66. The number of rotatable bonds is 4. The van der Waals surface area contributed by atoms with E-state index < -0.39 is 17.7 Å². The van der Waals surface area contributed by atoms with Crippen molar-refractivity contribution < 1.29 is 14.6 Å². The van der Waals surface area contributed by atoms with Crippen molar-refractivity contribution in [3.05, 3.63) is 75.4 Å². The number of fused-ring (bicyclic) bond motifs is 1. The monoisotopic (exact) mass is 412 g/mol. The first-order valence-corrected chi connectivity index (χ1v) is 10.4. The second-order valence-corrected chi connectivity index (χ2v) is 9.31. The number of halogens is 1. The minimum atomic E-state index is -1.05. The molecule has 1 aromatic carbocycles. The van der Waals surface area contributed by atoms with Gasteiger partial charge in [-0.2, -0.15) is 0 Å². The topological polar surface area (TPSA) is 46.5 Å². The average molecular weight is 413 g/mol. The summed E-state index contributed by atoms with van der Waals surface area (Å²) in [5.74, 6) is -0.659. The predicted molar refractivity (Wildman–Crippen MR) is 119 cm³/mol. The Kier molecular flexibility index (Phi) is 5.93. The van der Waals surface area contributed by atoms with Crippen LogP contribution in [0.3, 0.4) is 0 Å². The number of hydrogen-bond donors (Lipinski definition) is 1. The van der Waals surface area contributed by atoms with Crippen LogP contribution in [-0.2, 0) is 9.53 Å². The highest BCUT2D eigenvalue weighted by molar-refractivity contribution is 6.30. The van der Waals surface area contributed by atoms with Gasteiger partial charge in [0.1, 0.15) is 0 Å². The number of carboxylic acids is 1. The van der Waals surface area contributed by atoms with Crippen LogP contribution in [0.1, 0.15) is 47.1 Å². The second kappa shape index (κ2) is 7.97. The standard InChI is InChI=1S/C25H29ClO3/c1-14-8-7-9-19-15(2)16(3)21(23(24(27)28)29-25(4,5)6)22(20(14)19)17-10-12-18(26)13-11-17/h7-14,20,23H,1-6H3,(H,27,28). The van der Waals surface area contributed by atoms with E-state index in [0.29, 0.717) is 5.02 Å². The second-order valence-electron chi connectivity index (χ2n) is 8.88. The molecule has 0 spiro atoms. The van der Waals surface area contributed by atoms with Crippen LogP contribution < -0.4 is 0 Å². The summed E-state index contributed by atoms with van der Waals surface area (Å²) in [7, 11) is 0. The molecule has 1 N–H and O–H groups in total. The summed E-state index contributed by atoms with van der Waals surface area (Å²) in [6.45, 7) is 11.9. The smallest absolute Gasteiger partial charge is 0.337 e. The molecule has 0 saturated heterocycles. The van der Waals surface area contributed by atoms with Gasteiger partial charge in [0.25, 0.3) is 0 Å². The third kappa shape index (κ3) is 4.26. The highest BCUT2D eigenvalue weighted by atomic mass is 35.5. The quantitative estimate of drug-likeness (QED) is 0.617. The van der Waals surface area contributed by atoms with Crippen LogP contribution >= 0.6 is 11.6 Å². The lowest BCUT2D eigenvalue weighted by molar-refractivity contribution is -0.155. The first-order valence-electron chi connectivity index (χ1n) is 9.98. The molecule has 0 saturated carbocycles. The van der Waals surface area contributed by atoms with E-state index >= 15 is 0 Å². The number of aliphatic carboxylic acids is 1. The van der Waals surface area contributed by atoms with E-state index in [2.05, 4.69) is 32.1 Å². The number of ether oxygens (including phenoxy) is 1. The Bertz CT molecular complexity index is 939. The van der Waals surface area contributed by atoms with Gasteiger partial charge in [-0.05, 0) is 86.1 Å². The summed E-state index contributed by atoms with van der Waals surface area (Å²) in [5, 5.41) is 10.8. The van der Waals surface area contributed by atoms with Gasteiger partial charge in [0.15, 0.2) is 6.10 Å². The fraction of sp³-hybridized carbons (Fsp3) is 0.400. The minimum absolute atomic E-state index is 0.0743. The fourth-order valence-electron chi connectivity index (χ4n) is 4.29. The van der Waals surface area contributed by atoms with Gasteiger partial charge in [-0.15, -0.1) is 0 Å². The zero-order chi connectivity index (χ0) is 21.5. The Morgan fingerprint density at radius 1 is 1.14 bits per heavy atom. The third-order valence-corrected chi connectivity index (χ3v) is 5.92. The van der Waals surface area contributed by atoms with E-state index in [1.54, 1.807) is 0 Å². The number of carboxylic acid groups (broad SMARTS) is 1. The van der Waals surface area contributed by atoms with Crippen LogP contribution in [0.5, 0.6) is 0 Å². The fourth-order valence-corrected chi connectivity index (χ4v) is 4.41. The molecule has 29 heavy (non-hydrogen) atoms. The number of benzene rings is 1. The summed E-state index contributed by atoms with van der Waals surface area (Å²) in [4.78, 5) is 12.4. The van der Waals surface area contributed by atoms with Crippen molar-refractivity contribution in [3.63, 3.8) is 0 Å². The lowest BCUT2D eigenvalue weighted by Gasteiger charge is -2.39. The SMILES string of the molecule is CC1=C(C)C(C(OC(C)(C)C)C(=O)O)=C(c2ccc(Cl)cc2)C2C1=CC=CC2C. The first-order chi connectivity index (χ1) is 13.5. The molecular formula is C25H29ClO3. The van der Waals surface area contributed by atoms with Gasteiger partial charge in [0, 0.05) is 10.9 Å². The molecule has 3 rings (SSSR count). The predicted octanol–water partition coefficient (Wildman–Crippen LogP) is 6.46. The van der Waals surface area contributed by atoms with Crippen LogP contribution in [0.2, 0.25) is 5.02 Å². The molecule has 0 amide bonds. The van der Waals surface area contributed by atoms with Crippen molar-refractivity contribution in [1.29, 1.82) is 0 Å². The maximum atomic E-state index is 12.4. The molecule has 3 atom stereocenters. The molecule has 0 aromatic heterocycles. The van der Waals surface area contributed by atoms with Crippen molar-refractivity contribution in [3.8, 4) is 0 Å². The normalized spacial score (nSPS) is 23.1. The van der Waals surface area contributed by atoms with E-state index in [9.17, 15) is 9.90 Å². The van der Waals surface area contributed by atoms with Crippen molar-refractivity contribution in [2.45, 2.75) is 53.2 Å². The van der Waals surface area contributed by atoms with Gasteiger partial charge >= 0.3 is 5.97 Å². The van der Waals surface area contributed by atoms with Crippen LogP contribution in [0, 0.1) is 11.8 Å². The molecule has 0 fully saturated rings. The van der Waals surface area contributed by atoms with Crippen LogP contribution in [-0.4, -0.2) is 22.8 Å². The zero-order valence-corrected chi connectivity index (χ0v) is 18.7. The molecule has 0 aliphatic heterocycles. The maximum Gasteiger partial charge on any atom is 0.337 e. The van der Waals surface area contributed by atoms with E-state index in [1.165, 1.54) is 5.57 Å². The minimum Gasteiger partial charge on any atom is -0.479 e. The molecule has 0 bridgehead atoms. The Hall–Kier alpha value is -2.10. The van der Waals surface area contributed by atoms with Crippen molar-refractivity contribution in [2.75, 3.05) is 0 Å². The van der Waals surface area contributed by atoms with Gasteiger partial charge < -0.3 is 9.84 Å². The molecule has 4 heteroatoms. The van der Waals surface area contributed by atoms with Crippen molar-refractivity contribution in [2.24, 2.45) is 11.8 Å². The van der Waals surface area contributed by atoms with Crippen molar-refractivity contribution >= 4 is 23.1 Å². The highest BCUT2D eigenvalue weighted by Crippen LogP contribution is 2.49. The first kappa shape index (κ1) is 21.6. The molecule has 2 aliphatic carbocycles. The molecule has 0 radical (unpaired) electrons. The highest BCUT2D eigenvalue weighted by Gasteiger charge is 2.40. The maximum absolute atomic E-state index is 12.4. The van der Waals surface area contributed by atoms with Crippen LogP contribution in [0.4, 0.5) is 0 Å². The van der Waals surface area contributed by atoms with Gasteiger partial charge in [0.05, 0.1) is 5.60 Å². The largest absolute Gasteiger partial charge is 0.479 e. The summed E-state index contributed by atoms with van der Waals surface area (Å²) in [5.41, 5.74) is 5.51. The number of allylic oxidation sites excluding steroid dienone is 6. The van der Waals surface area contributed by atoms with E-state index in [0.717, 1.165) is 27.9 Å². The number of carbonyl (C=O) groups is 1. The molecule has 3 nitrogen and oxygen atoms in total. The summed E-state index contributed by atoms with van der Waals surface area (Å²) < 4.78 is 6.09. The van der Waals surface area contributed by atoms with Gasteiger partial charge in [-0.25, -0.2) is 4.79 Å². The Morgan fingerprint density at radius 3 is 2.31 bits per heavy atom.